The summed E-state index contributed by atoms with van der Waals surface area (Å²) in [7, 11) is 0. The maximum absolute atomic E-state index is 13.5. The third kappa shape index (κ3) is 8.17. The number of aliphatic hydroxyl groups excluding tert-OH is 1. The fraction of sp³-hybridized carbons (Fsp3) is 0.733. The van der Waals surface area contributed by atoms with Gasteiger partial charge in [-0.1, -0.05) is 30.7 Å². The molecule has 2 heterocycles. The fourth-order valence-corrected chi connectivity index (χ4v) is 6.48. The Labute approximate surface area is 258 Å². The molecule has 3 aliphatic rings. The fourth-order valence-electron chi connectivity index (χ4n) is 6.01. The summed E-state index contributed by atoms with van der Waals surface area (Å²) in [5, 5.41) is 27.2. The molecule has 0 aromatic carbocycles. The van der Waals surface area contributed by atoms with E-state index < -0.39 is 42.0 Å². The molecule has 13 heteroatoms. The number of nitrogens with one attached hydrogen (secondary N) is 3. The van der Waals surface area contributed by atoms with Gasteiger partial charge in [0, 0.05) is 19.0 Å². The van der Waals surface area contributed by atoms with Crippen LogP contribution in [0.2, 0.25) is 0 Å². The molecule has 43 heavy (non-hydrogen) atoms. The van der Waals surface area contributed by atoms with E-state index in [9.17, 15) is 24.3 Å². The molecule has 4 bridgehead atoms. The molecule has 4 amide bonds. The summed E-state index contributed by atoms with van der Waals surface area (Å²) in [5.74, 6) is -0.775. The summed E-state index contributed by atoms with van der Waals surface area (Å²) in [4.78, 5) is 55.0. The van der Waals surface area contributed by atoms with Crippen LogP contribution in [0, 0.1) is 17.3 Å². The minimum absolute atomic E-state index is 0.0427. The second kappa shape index (κ2) is 14.2. The Bertz CT molecular complexity index is 1210. The van der Waals surface area contributed by atoms with Crippen LogP contribution in [0.25, 0.3) is 0 Å². The van der Waals surface area contributed by atoms with E-state index in [-0.39, 0.29) is 23.8 Å². The van der Waals surface area contributed by atoms with Crippen LogP contribution in [0.1, 0.15) is 71.9 Å². The molecule has 0 unspecified atom stereocenters. The summed E-state index contributed by atoms with van der Waals surface area (Å²) < 4.78 is 1.78. The zero-order valence-electron chi connectivity index (χ0n) is 26.0. The van der Waals surface area contributed by atoms with Crippen molar-refractivity contribution in [1.82, 2.24) is 35.8 Å². The van der Waals surface area contributed by atoms with E-state index in [2.05, 4.69) is 46.2 Å². The first-order chi connectivity index (χ1) is 20.4. The van der Waals surface area contributed by atoms with Crippen LogP contribution in [0.15, 0.2) is 17.8 Å². The molecule has 4 N–H and O–H groups in total. The summed E-state index contributed by atoms with van der Waals surface area (Å²) in [6.07, 6.45) is 9.21. The standard InChI is InChI=1S/C30H47N7O5S/c1-18-26(39)33-25(19(2)38)28(41)32-24(12-15-43-5)27(40)31-16-23-17-36(35-34-23)13-10-21-8-9-22(30(21,3)4)11-14-37(18)29(42)20-6-7-20/h8,17-20,22,24-25,38H,6-7,9-16H2,1-5H3,(H,31,40)(H,32,41)(H,33,39)/t18-,19+,22+,24-,25-/m0/s1. The van der Waals surface area contributed by atoms with Gasteiger partial charge >= 0.3 is 0 Å². The van der Waals surface area contributed by atoms with Crippen LogP contribution >= 0.6 is 11.8 Å². The Kier molecular flexibility index (Phi) is 10.9. The number of hydrogen-bond donors (Lipinski definition) is 4. The average Bonchev–Trinajstić information content (AvgIpc) is 3.65. The molecule has 0 saturated heterocycles. The zero-order chi connectivity index (χ0) is 31.3. The molecule has 1 fully saturated rings. The first kappa shape index (κ1) is 33.0. The van der Waals surface area contributed by atoms with Gasteiger partial charge in [0.1, 0.15) is 23.8 Å². The molecule has 1 saturated carbocycles. The Morgan fingerprint density at radius 1 is 1.14 bits per heavy atom. The van der Waals surface area contributed by atoms with Crippen LogP contribution in [-0.4, -0.2) is 91.4 Å². The maximum atomic E-state index is 13.5. The van der Waals surface area contributed by atoms with Crippen molar-refractivity contribution in [2.24, 2.45) is 17.3 Å². The molecule has 0 radical (unpaired) electrons. The van der Waals surface area contributed by atoms with Crippen LogP contribution < -0.4 is 16.0 Å². The molecule has 0 spiro atoms. The van der Waals surface area contributed by atoms with Crippen molar-refractivity contribution in [2.75, 3.05) is 18.6 Å². The first-order valence-electron chi connectivity index (χ1n) is 15.4. The van der Waals surface area contributed by atoms with Crippen LogP contribution in [0.5, 0.6) is 0 Å². The lowest BCUT2D eigenvalue weighted by Gasteiger charge is -2.35. The lowest BCUT2D eigenvalue weighted by molar-refractivity contribution is -0.143. The number of allylic oxidation sites excluding steroid dienone is 2. The number of aromatic nitrogens is 3. The molecule has 1 aliphatic heterocycles. The van der Waals surface area contributed by atoms with E-state index in [1.807, 2.05) is 12.5 Å². The smallest absolute Gasteiger partial charge is 0.245 e. The Balaban J connectivity index is 1.60. The summed E-state index contributed by atoms with van der Waals surface area (Å²) in [5.41, 5.74) is 1.85. The van der Waals surface area contributed by atoms with Crippen LogP contribution in [-0.2, 0) is 32.3 Å². The molecule has 12 nitrogen and oxygen atoms in total. The SMILES string of the molecule is CSCC[C@@H]1NC(=O)[C@H]([C@@H](C)O)NC(=O)[C@H](C)N(C(=O)C2CC2)CC[C@H]2CC=C(CCn3cc(nn3)CNC1=O)C2(C)C. The molecule has 1 aromatic heterocycles. The maximum Gasteiger partial charge on any atom is 0.245 e. The van der Waals surface area contributed by atoms with Gasteiger partial charge in [0.05, 0.1) is 18.8 Å². The second-order valence-corrected chi connectivity index (χ2v) is 13.7. The molecule has 2 aliphatic carbocycles. The van der Waals surface area contributed by atoms with Gasteiger partial charge in [-0.15, -0.1) is 5.10 Å². The zero-order valence-corrected chi connectivity index (χ0v) is 26.8. The highest BCUT2D eigenvalue weighted by Crippen LogP contribution is 2.46. The quantitative estimate of drug-likeness (QED) is 0.361. The van der Waals surface area contributed by atoms with Gasteiger partial charge in [-0.25, -0.2) is 0 Å². The number of hydrogen-bond acceptors (Lipinski definition) is 8. The summed E-state index contributed by atoms with van der Waals surface area (Å²) in [6.45, 7) is 8.78. The largest absolute Gasteiger partial charge is 0.391 e. The van der Waals surface area contributed by atoms with Crippen molar-refractivity contribution >= 4 is 35.4 Å². The molecular weight excluding hydrogens is 570 g/mol. The van der Waals surface area contributed by atoms with Crippen molar-refractivity contribution in [3.8, 4) is 0 Å². The predicted octanol–water partition coefficient (Wildman–Crippen LogP) is 1.39. The highest BCUT2D eigenvalue weighted by Gasteiger charge is 2.41. The Hall–Kier alpha value is -2.93. The third-order valence-electron chi connectivity index (χ3n) is 9.22. The highest BCUT2D eigenvalue weighted by atomic mass is 32.2. The van der Waals surface area contributed by atoms with E-state index in [0.29, 0.717) is 36.9 Å². The lowest BCUT2D eigenvalue weighted by Crippen LogP contribution is -2.60. The van der Waals surface area contributed by atoms with Crippen molar-refractivity contribution < 1.29 is 24.3 Å². The van der Waals surface area contributed by atoms with Crippen molar-refractivity contribution in [3.63, 3.8) is 0 Å². The molecular formula is C30H47N7O5S. The van der Waals surface area contributed by atoms with E-state index in [4.69, 9.17) is 0 Å². The van der Waals surface area contributed by atoms with Crippen molar-refractivity contribution in [3.05, 3.63) is 23.5 Å². The number of carbonyl (C=O) groups is 4. The lowest BCUT2D eigenvalue weighted by atomic mass is 9.74. The minimum atomic E-state index is -1.30. The topological polar surface area (TPSA) is 159 Å². The summed E-state index contributed by atoms with van der Waals surface area (Å²) >= 11 is 1.54. The van der Waals surface area contributed by atoms with E-state index in [1.54, 1.807) is 16.5 Å². The number of carbonyl (C=O) groups excluding carboxylic acids is 4. The normalized spacial score (nSPS) is 28.2. The number of thioether (sulfide) groups is 1. The number of fused-ring (bicyclic) bond motifs is 4. The predicted molar refractivity (Wildman–Crippen MR) is 164 cm³/mol. The Morgan fingerprint density at radius 2 is 1.88 bits per heavy atom. The van der Waals surface area contributed by atoms with Gasteiger partial charge in [0.15, 0.2) is 0 Å². The second-order valence-electron chi connectivity index (χ2n) is 12.7. The monoisotopic (exact) mass is 617 g/mol. The van der Waals surface area contributed by atoms with E-state index in [1.165, 1.54) is 24.3 Å². The van der Waals surface area contributed by atoms with Gasteiger partial charge in [-0.2, -0.15) is 11.8 Å². The van der Waals surface area contributed by atoms with Gasteiger partial charge in [0.2, 0.25) is 23.6 Å². The molecule has 5 atom stereocenters. The minimum Gasteiger partial charge on any atom is -0.391 e. The van der Waals surface area contributed by atoms with Gasteiger partial charge in [-0.3, -0.25) is 23.9 Å². The highest BCUT2D eigenvalue weighted by molar-refractivity contribution is 7.98. The summed E-state index contributed by atoms with van der Waals surface area (Å²) in [6, 6.07) is -3.01. The molecule has 4 rings (SSSR count). The number of amides is 4. The average molecular weight is 618 g/mol. The molecule has 238 valence electrons. The number of aryl methyl sites for hydroxylation is 1. The number of rotatable bonds is 5. The third-order valence-corrected chi connectivity index (χ3v) is 9.86. The van der Waals surface area contributed by atoms with Crippen molar-refractivity contribution in [2.45, 2.75) is 104 Å². The van der Waals surface area contributed by atoms with Crippen molar-refractivity contribution in [1.29, 1.82) is 0 Å². The van der Waals surface area contributed by atoms with Gasteiger partial charge < -0.3 is 26.0 Å². The first-order valence-corrected chi connectivity index (χ1v) is 16.8. The van der Waals surface area contributed by atoms with E-state index in [0.717, 1.165) is 32.1 Å². The van der Waals surface area contributed by atoms with Crippen LogP contribution in [0.3, 0.4) is 0 Å². The van der Waals surface area contributed by atoms with Crippen LogP contribution in [0.4, 0.5) is 0 Å². The van der Waals surface area contributed by atoms with Gasteiger partial charge in [0.25, 0.3) is 0 Å². The van der Waals surface area contributed by atoms with E-state index >= 15 is 0 Å². The number of nitrogens with zero attached hydrogens (tertiary/aromatic N) is 4. The van der Waals surface area contributed by atoms with Gasteiger partial charge in [-0.05, 0) is 75.7 Å². The Morgan fingerprint density at radius 3 is 2.56 bits per heavy atom. The number of aliphatic hydroxyl groups is 1. The molecule has 1 aromatic rings.